The number of nitrogens with one attached hydrogen (secondary N) is 1. The molecule has 0 aromatic heterocycles. The molecule has 5 heteroatoms. The largest absolute Gasteiger partial charge is 0.494 e. The van der Waals surface area contributed by atoms with Gasteiger partial charge in [-0.05, 0) is 49.7 Å². The molecule has 2 rings (SSSR count). The van der Waals surface area contributed by atoms with Crippen molar-refractivity contribution >= 4 is 17.6 Å². The van der Waals surface area contributed by atoms with Gasteiger partial charge in [0, 0.05) is 5.69 Å². The zero-order valence-corrected chi connectivity index (χ0v) is 16.0. The Morgan fingerprint density at radius 2 is 1.63 bits per heavy atom. The molecule has 0 heterocycles. The molecule has 0 aliphatic carbocycles. The van der Waals surface area contributed by atoms with Gasteiger partial charge in [-0.2, -0.15) is 0 Å². The molecule has 1 amide bonds. The molecule has 0 radical (unpaired) electrons. The van der Waals surface area contributed by atoms with E-state index in [2.05, 4.69) is 12.2 Å². The summed E-state index contributed by atoms with van der Waals surface area (Å²) in [5.41, 5.74) is 2.16. The quantitative estimate of drug-likeness (QED) is 0.485. The first-order valence-corrected chi connectivity index (χ1v) is 9.35. The molecule has 0 bridgehead atoms. The Bertz CT molecular complexity index is 723. The van der Waals surface area contributed by atoms with E-state index in [1.165, 1.54) is 12.8 Å². The molecule has 27 heavy (non-hydrogen) atoms. The number of carbonyl (C=O) groups is 2. The van der Waals surface area contributed by atoms with Gasteiger partial charge in [-0.25, -0.2) is 4.79 Å². The van der Waals surface area contributed by atoms with Crippen LogP contribution in [0.4, 0.5) is 5.69 Å². The first-order valence-electron chi connectivity index (χ1n) is 9.35. The van der Waals surface area contributed by atoms with Crippen LogP contribution in [0.3, 0.4) is 0 Å². The highest BCUT2D eigenvalue weighted by atomic mass is 16.5. The fraction of sp³-hybridized carbons (Fsp3) is 0.364. The second kappa shape index (κ2) is 11.0. The number of aryl methyl sites for hydroxylation is 1. The molecule has 0 fully saturated rings. The molecule has 0 unspecified atom stereocenters. The number of ether oxygens (including phenoxy) is 2. The van der Waals surface area contributed by atoms with Crippen LogP contribution in [-0.2, 0) is 9.53 Å². The van der Waals surface area contributed by atoms with Gasteiger partial charge in [0.05, 0.1) is 12.2 Å². The number of esters is 1. The van der Waals surface area contributed by atoms with Gasteiger partial charge in [-0.3, -0.25) is 4.79 Å². The van der Waals surface area contributed by atoms with Crippen LogP contribution in [0.25, 0.3) is 0 Å². The van der Waals surface area contributed by atoms with Crippen molar-refractivity contribution in [1.29, 1.82) is 0 Å². The average Bonchev–Trinajstić information content (AvgIpc) is 2.68. The predicted octanol–water partition coefficient (Wildman–Crippen LogP) is 4.75. The maximum atomic E-state index is 12.0. The summed E-state index contributed by atoms with van der Waals surface area (Å²) in [5.74, 6) is -0.192. The lowest BCUT2D eigenvalue weighted by Crippen LogP contribution is -2.20. The van der Waals surface area contributed by atoms with Crippen molar-refractivity contribution in [2.24, 2.45) is 0 Å². The first kappa shape index (κ1) is 20.5. The topological polar surface area (TPSA) is 64.6 Å². The van der Waals surface area contributed by atoms with E-state index in [4.69, 9.17) is 9.47 Å². The summed E-state index contributed by atoms with van der Waals surface area (Å²) in [6.07, 6.45) is 4.59. The first-order chi connectivity index (χ1) is 13.1. The van der Waals surface area contributed by atoms with Crippen molar-refractivity contribution in [2.75, 3.05) is 18.5 Å². The Morgan fingerprint density at radius 1 is 0.926 bits per heavy atom. The number of hydrogen-bond acceptors (Lipinski definition) is 4. The zero-order chi connectivity index (χ0) is 19.5. The van der Waals surface area contributed by atoms with E-state index in [0.717, 1.165) is 24.2 Å². The molecule has 0 saturated carbocycles. The lowest BCUT2D eigenvalue weighted by molar-refractivity contribution is -0.119. The highest BCUT2D eigenvalue weighted by Crippen LogP contribution is 2.14. The summed E-state index contributed by atoms with van der Waals surface area (Å²) in [6, 6.07) is 14.2. The van der Waals surface area contributed by atoms with Crippen LogP contribution < -0.4 is 10.1 Å². The molecule has 2 aromatic rings. The van der Waals surface area contributed by atoms with Crippen LogP contribution in [-0.4, -0.2) is 25.1 Å². The fourth-order valence-electron chi connectivity index (χ4n) is 2.45. The molecule has 5 nitrogen and oxygen atoms in total. The number of amides is 1. The minimum atomic E-state index is -0.538. The second-order valence-corrected chi connectivity index (χ2v) is 6.42. The van der Waals surface area contributed by atoms with Gasteiger partial charge >= 0.3 is 5.97 Å². The minimum Gasteiger partial charge on any atom is -0.494 e. The van der Waals surface area contributed by atoms with Crippen LogP contribution >= 0.6 is 0 Å². The molecular formula is C22H27NO4. The van der Waals surface area contributed by atoms with Crippen LogP contribution in [0.5, 0.6) is 5.75 Å². The second-order valence-electron chi connectivity index (χ2n) is 6.42. The normalized spacial score (nSPS) is 10.3. The summed E-state index contributed by atoms with van der Waals surface area (Å²) in [7, 11) is 0. The van der Waals surface area contributed by atoms with Gasteiger partial charge in [0.1, 0.15) is 5.75 Å². The molecule has 1 N–H and O–H groups in total. The van der Waals surface area contributed by atoms with E-state index >= 15 is 0 Å². The predicted molar refractivity (Wildman–Crippen MR) is 106 cm³/mol. The van der Waals surface area contributed by atoms with E-state index in [1.54, 1.807) is 36.4 Å². The number of rotatable bonds is 10. The molecule has 0 atom stereocenters. The standard InChI is InChI=1S/C22H27NO4/c1-3-4-5-6-15-26-20-13-9-18(10-14-20)22(25)27-16-21(24)23-19-11-7-17(2)8-12-19/h7-14H,3-6,15-16H2,1-2H3,(H,23,24). The summed E-state index contributed by atoms with van der Waals surface area (Å²) < 4.78 is 10.7. The van der Waals surface area contributed by atoms with Crippen LogP contribution in [0.15, 0.2) is 48.5 Å². The van der Waals surface area contributed by atoms with E-state index < -0.39 is 5.97 Å². The number of unbranched alkanes of at least 4 members (excludes halogenated alkanes) is 3. The lowest BCUT2D eigenvalue weighted by atomic mass is 10.2. The van der Waals surface area contributed by atoms with Crippen molar-refractivity contribution in [3.05, 3.63) is 59.7 Å². The van der Waals surface area contributed by atoms with Gasteiger partial charge in [0.2, 0.25) is 0 Å². The Kier molecular flexibility index (Phi) is 8.36. The Hall–Kier alpha value is -2.82. The number of hydrogen-bond donors (Lipinski definition) is 1. The maximum Gasteiger partial charge on any atom is 0.338 e. The highest BCUT2D eigenvalue weighted by Gasteiger charge is 2.10. The molecule has 0 spiro atoms. The Morgan fingerprint density at radius 3 is 2.30 bits per heavy atom. The lowest BCUT2D eigenvalue weighted by Gasteiger charge is -2.08. The van der Waals surface area contributed by atoms with Crippen molar-refractivity contribution in [1.82, 2.24) is 0 Å². The molecule has 0 aliphatic rings. The van der Waals surface area contributed by atoms with Crippen LogP contribution in [0.1, 0.15) is 48.5 Å². The summed E-state index contributed by atoms with van der Waals surface area (Å²) >= 11 is 0. The highest BCUT2D eigenvalue weighted by molar-refractivity contribution is 5.95. The third-order valence-electron chi connectivity index (χ3n) is 4.03. The smallest absolute Gasteiger partial charge is 0.338 e. The maximum absolute atomic E-state index is 12.0. The molecule has 0 saturated heterocycles. The summed E-state index contributed by atoms with van der Waals surface area (Å²) in [4.78, 5) is 23.9. The SMILES string of the molecule is CCCCCCOc1ccc(C(=O)OCC(=O)Nc2ccc(C)cc2)cc1. The Labute approximate surface area is 160 Å². The van der Waals surface area contributed by atoms with E-state index in [-0.39, 0.29) is 12.5 Å². The van der Waals surface area contributed by atoms with Gasteiger partial charge in [-0.15, -0.1) is 0 Å². The molecular weight excluding hydrogens is 342 g/mol. The van der Waals surface area contributed by atoms with Crippen molar-refractivity contribution in [3.8, 4) is 5.75 Å². The van der Waals surface area contributed by atoms with Crippen LogP contribution in [0, 0.1) is 6.92 Å². The van der Waals surface area contributed by atoms with Gasteiger partial charge in [0.15, 0.2) is 6.61 Å². The summed E-state index contributed by atoms with van der Waals surface area (Å²) in [6.45, 7) is 4.48. The zero-order valence-electron chi connectivity index (χ0n) is 16.0. The monoisotopic (exact) mass is 369 g/mol. The third-order valence-corrected chi connectivity index (χ3v) is 4.03. The minimum absolute atomic E-state index is 0.331. The summed E-state index contributed by atoms with van der Waals surface area (Å²) in [5, 5.41) is 2.69. The van der Waals surface area contributed by atoms with E-state index in [1.807, 2.05) is 19.1 Å². The fourth-order valence-corrected chi connectivity index (χ4v) is 2.45. The van der Waals surface area contributed by atoms with Crippen LogP contribution in [0.2, 0.25) is 0 Å². The average molecular weight is 369 g/mol. The van der Waals surface area contributed by atoms with E-state index in [0.29, 0.717) is 17.9 Å². The van der Waals surface area contributed by atoms with Gasteiger partial charge in [-0.1, -0.05) is 43.9 Å². The van der Waals surface area contributed by atoms with Gasteiger partial charge in [0.25, 0.3) is 5.91 Å². The molecule has 0 aliphatic heterocycles. The Balaban J connectivity index is 1.73. The number of benzene rings is 2. The number of anilines is 1. The van der Waals surface area contributed by atoms with Crippen molar-refractivity contribution < 1.29 is 19.1 Å². The van der Waals surface area contributed by atoms with Crippen molar-refractivity contribution in [2.45, 2.75) is 39.5 Å². The van der Waals surface area contributed by atoms with Crippen molar-refractivity contribution in [3.63, 3.8) is 0 Å². The molecule has 144 valence electrons. The molecule has 2 aromatic carbocycles. The van der Waals surface area contributed by atoms with Gasteiger partial charge < -0.3 is 14.8 Å². The number of carbonyl (C=O) groups excluding carboxylic acids is 2. The van der Waals surface area contributed by atoms with E-state index in [9.17, 15) is 9.59 Å². The third kappa shape index (κ3) is 7.52.